The quantitative estimate of drug-likeness (QED) is 0.726. The maximum absolute atomic E-state index is 9.99. The molecule has 0 unspecified atom stereocenters. The maximum atomic E-state index is 9.99. The topological polar surface area (TPSA) is 38.3 Å². The molecule has 1 aromatic rings. The first-order chi connectivity index (χ1) is 6.36. The Hall–Kier alpha value is -1.51. The molecular weight excluding hydrogens is 166 g/mol. The van der Waals surface area contributed by atoms with E-state index < -0.39 is 0 Å². The van der Waals surface area contributed by atoms with Crippen LogP contribution in [0.25, 0.3) is 0 Å². The second-order valence-electron chi connectivity index (χ2n) is 1.99. The molecule has 0 spiro atoms. The van der Waals surface area contributed by atoms with Crippen molar-refractivity contribution in [1.29, 1.82) is 0 Å². The molecule has 3 heteroatoms. The smallest absolute Gasteiger partial charge is 0.211 e. The summed E-state index contributed by atoms with van der Waals surface area (Å²) in [5, 5.41) is 2.52. The van der Waals surface area contributed by atoms with E-state index in [9.17, 15) is 4.79 Å². The van der Waals surface area contributed by atoms with Crippen molar-refractivity contribution in [2.24, 2.45) is 0 Å². The highest BCUT2D eigenvalue weighted by Gasteiger charge is 1.90. The van der Waals surface area contributed by atoms with E-state index in [0.29, 0.717) is 6.41 Å². The van der Waals surface area contributed by atoms with Gasteiger partial charge in [0.15, 0.2) is 0 Å². The fourth-order valence-corrected chi connectivity index (χ4v) is 0.755. The number of benzene rings is 1. The number of methoxy groups -OCH3 is 1. The highest BCUT2D eigenvalue weighted by Crippen LogP contribution is 2.13. The number of hydrogen-bond acceptors (Lipinski definition) is 2. The molecule has 0 radical (unpaired) electrons. The number of amides is 1. The lowest BCUT2D eigenvalue weighted by Crippen LogP contribution is -1.92. The van der Waals surface area contributed by atoms with Crippen LogP contribution in [-0.2, 0) is 4.79 Å². The van der Waals surface area contributed by atoms with Crippen LogP contribution in [-0.4, -0.2) is 13.5 Å². The molecule has 72 valence electrons. The third kappa shape index (κ3) is 4.15. The van der Waals surface area contributed by atoms with E-state index in [0.717, 1.165) is 11.4 Å². The van der Waals surface area contributed by atoms with Crippen molar-refractivity contribution in [1.82, 2.24) is 0 Å². The molecule has 1 amide bonds. The lowest BCUT2D eigenvalue weighted by atomic mass is 10.3. The van der Waals surface area contributed by atoms with Gasteiger partial charge in [-0.1, -0.05) is 13.8 Å². The monoisotopic (exact) mass is 181 g/mol. The summed E-state index contributed by atoms with van der Waals surface area (Å²) in [4.78, 5) is 9.99. The summed E-state index contributed by atoms with van der Waals surface area (Å²) >= 11 is 0. The molecule has 0 aliphatic rings. The number of hydrogen-bond donors (Lipinski definition) is 1. The minimum absolute atomic E-state index is 0.641. The molecular formula is C10H15NO2. The van der Waals surface area contributed by atoms with E-state index in [4.69, 9.17) is 4.74 Å². The zero-order chi connectivity index (χ0) is 10.1. The molecule has 1 aromatic carbocycles. The fraction of sp³-hybridized carbons (Fsp3) is 0.300. The zero-order valence-electron chi connectivity index (χ0n) is 8.20. The Kier molecular flexibility index (Phi) is 6.32. The van der Waals surface area contributed by atoms with Crippen molar-refractivity contribution in [3.63, 3.8) is 0 Å². The average Bonchev–Trinajstić information content (AvgIpc) is 2.23. The van der Waals surface area contributed by atoms with Crippen molar-refractivity contribution in [3.8, 4) is 5.75 Å². The molecule has 0 atom stereocenters. The SMILES string of the molecule is CC.COc1ccc(NC=O)cc1. The van der Waals surface area contributed by atoms with Gasteiger partial charge in [-0.15, -0.1) is 0 Å². The van der Waals surface area contributed by atoms with E-state index in [1.165, 1.54) is 0 Å². The van der Waals surface area contributed by atoms with Crippen molar-refractivity contribution < 1.29 is 9.53 Å². The number of rotatable bonds is 3. The summed E-state index contributed by atoms with van der Waals surface area (Å²) in [6.45, 7) is 4.00. The number of anilines is 1. The van der Waals surface area contributed by atoms with Crippen LogP contribution in [0.4, 0.5) is 5.69 Å². The Balaban J connectivity index is 0.000000671. The molecule has 0 aromatic heterocycles. The van der Waals surface area contributed by atoms with Crippen LogP contribution in [0.5, 0.6) is 5.75 Å². The Morgan fingerprint density at radius 3 is 2.15 bits per heavy atom. The van der Waals surface area contributed by atoms with Crippen LogP contribution < -0.4 is 10.1 Å². The molecule has 13 heavy (non-hydrogen) atoms. The number of ether oxygens (including phenoxy) is 1. The van der Waals surface area contributed by atoms with Crippen LogP contribution in [0.2, 0.25) is 0 Å². The van der Waals surface area contributed by atoms with Gasteiger partial charge in [0.05, 0.1) is 7.11 Å². The van der Waals surface area contributed by atoms with E-state index in [2.05, 4.69) is 5.32 Å². The Morgan fingerprint density at radius 2 is 1.77 bits per heavy atom. The standard InChI is InChI=1S/C8H9NO2.C2H6/c1-11-8-4-2-7(3-5-8)9-6-10;1-2/h2-6H,1H3,(H,9,10);1-2H3. The molecule has 1 N–H and O–H groups in total. The van der Waals surface area contributed by atoms with Crippen LogP contribution in [0.1, 0.15) is 13.8 Å². The normalized spacial score (nSPS) is 7.92. The molecule has 0 saturated carbocycles. The molecule has 3 nitrogen and oxygen atoms in total. The van der Waals surface area contributed by atoms with Crippen molar-refractivity contribution in [2.45, 2.75) is 13.8 Å². The highest BCUT2D eigenvalue weighted by molar-refractivity contribution is 5.71. The lowest BCUT2D eigenvalue weighted by Gasteiger charge is -2.00. The van der Waals surface area contributed by atoms with E-state index in [-0.39, 0.29) is 0 Å². The van der Waals surface area contributed by atoms with E-state index >= 15 is 0 Å². The van der Waals surface area contributed by atoms with Gasteiger partial charge in [0.1, 0.15) is 5.75 Å². The van der Waals surface area contributed by atoms with Gasteiger partial charge >= 0.3 is 0 Å². The van der Waals surface area contributed by atoms with Gasteiger partial charge in [-0.25, -0.2) is 0 Å². The fourth-order valence-electron chi connectivity index (χ4n) is 0.755. The van der Waals surface area contributed by atoms with Crippen LogP contribution in [0.3, 0.4) is 0 Å². The lowest BCUT2D eigenvalue weighted by molar-refractivity contribution is -0.105. The Labute approximate surface area is 78.7 Å². The third-order valence-electron chi connectivity index (χ3n) is 1.32. The van der Waals surface area contributed by atoms with Crippen molar-refractivity contribution in [3.05, 3.63) is 24.3 Å². The second-order valence-corrected chi connectivity index (χ2v) is 1.99. The summed E-state index contributed by atoms with van der Waals surface area (Å²) in [6, 6.07) is 7.11. The van der Waals surface area contributed by atoms with Gasteiger partial charge in [-0.05, 0) is 24.3 Å². The largest absolute Gasteiger partial charge is 0.497 e. The third-order valence-corrected chi connectivity index (χ3v) is 1.32. The maximum Gasteiger partial charge on any atom is 0.211 e. The minimum atomic E-state index is 0.641. The van der Waals surface area contributed by atoms with Crippen molar-refractivity contribution in [2.75, 3.05) is 12.4 Å². The van der Waals surface area contributed by atoms with Gasteiger partial charge in [-0.3, -0.25) is 4.79 Å². The first-order valence-corrected chi connectivity index (χ1v) is 4.21. The van der Waals surface area contributed by atoms with Gasteiger partial charge in [-0.2, -0.15) is 0 Å². The number of carbonyl (C=O) groups excluding carboxylic acids is 1. The minimum Gasteiger partial charge on any atom is -0.497 e. The molecule has 0 heterocycles. The number of carbonyl (C=O) groups is 1. The summed E-state index contributed by atoms with van der Waals surface area (Å²) in [5.41, 5.74) is 0.765. The summed E-state index contributed by atoms with van der Waals surface area (Å²) in [7, 11) is 1.60. The van der Waals surface area contributed by atoms with E-state index in [1.54, 1.807) is 31.4 Å². The summed E-state index contributed by atoms with van der Waals surface area (Å²) in [6.07, 6.45) is 0.641. The molecule has 1 rings (SSSR count). The Morgan fingerprint density at radius 1 is 1.23 bits per heavy atom. The predicted octanol–water partition coefficient (Wildman–Crippen LogP) is 2.29. The first kappa shape index (κ1) is 11.5. The molecule has 0 saturated heterocycles. The van der Waals surface area contributed by atoms with Gasteiger partial charge in [0, 0.05) is 5.69 Å². The zero-order valence-corrected chi connectivity index (χ0v) is 8.20. The number of nitrogens with one attached hydrogen (secondary N) is 1. The second kappa shape index (κ2) is 7.16. The summed E-state index contributed by atoms with van der Waals surface area (Å²) < 4.78 is 4.93. The van der Waals surface area contributed by atoms with Gasteiger partial charge < -0.3 is 10.1 Å². The molecule has 0 aliphatic carbocycles. The Bertz CT molecular complexity index is 231. The molecule has 0 fully saturated rings. The summed E-state index contributed by atoms with van der Waals surface area (Å²) in [5.74, 6) is 0.779. The van der Waals surface area contributed by atoms with E-state index in [1.807, 2.05) is 13.8 Å². The van der Waals surface area contributed by atoms with Crippen LogP contribution in [0, 0.1) is 0 Å². The van der Waals surface area contributed by atoms with Crippen LogP contribution in [0.15, 0.2) is 24.3 Å². The van der Waals surface area contributed by atoms with Gasteiger partial charge in [0.2, 0.25) is 6.41 Å². The molecule has 0 bridgehead atoms. The predicted molar refractivity (Wildman–Crippen MR) is 54.0 cm³/mol. The van der Waals surface area contributed by atoms with Crippen LogP contribution >= 0.6 is 0 Å². The highest BCUT2D eigenvalue weighted by atomic mass is 16.5. The van der Waals surface area contributed by atoms with Crippen molar-refractivity contribution >= 4 is 12.1 Å². The molecule has 0 aliphatic heterocycles. The van der Waals surface area contributed by atoms with Gasteiger partial charge in [0.25, 0.3) is 0 Å². The first-order valence-electron chi connectivity index (χ1n) is 4.21. The average molecular weight is 181 g/mol.